The van der Waals surface area contributed by atoms with Crippen LogP contribution in [-0.2, 0) is 18.9 Å². The first-order valence-corrected chi connectivity index (χ1v) is 24.9. The Hall–Kier alpha value is -0.200. The molecule has 8 nitrogen and oxygen atoms in total. The van der Waals surface area contributed by atoms with Crippen molar-refractivity contribution >= 4 is 6.09 Å². The number of carbonyl (C=O) groups excluding carboxylic acids is 1. The standard InChI is InChI=1S/C45H76IN2O6/c1-9-47-40(50)54-37(28(2)3)31-25-29(4)36-38(52-31)39(49)43(8)33-18-17-32-41(5,6)34(19-20-44(32)27-45(33,44)22-21-42(36,43)7)53-35-26-48(23-24-51-35)46-30-15-13-11-10-12-14-16-30/h28-39,49H,9-27H2,1-8H3,(H,47,50)/q-1. The Morgan fingerprint density at radius 1 is 0.963 bits per heavy atom. The summed E-state index contributed by atoms with van der Waals surface area (Å²) in [7, 11) is 0. The van der Waals surface area contributed by atoms with Gasteiger partial charge in [0.1, 0.15) is 6.10 Å². The topological polar surface area (TPSA) is 89.5 Å². The van der Waals surface area contributed by atoms with Crippen molar-refractivity contribution in [3.8, 4) is 0 Å². The van der Waals surface area contributed by atoms with E-state index in [2.05, 4.69) is 56.9 Å². The summed E-state index contributed by atoms with van der Waals surface area (Å²) in [6.45, 7) is 22.0. The Kier molecular flexibility index (Phi) is 11.4. The van der Waals surface area contributed by atoms with Gasteiger partial charge in [0, 0.05) is 6.54 Å². The molecule has 0 radical (unpaired) electrons. The molecule has 8 aliphatic rings. The molecule has 2 saturated heterocycles. The average Bonchev–Trinajstić information content (AvgIpc) is 3.74. The number of aliphatic hydroxyl groups is 1. The molecule has 2 spiro atoms. The zero-order valence-corrected chi connectivity index (χ0v) is 37.3. The Labute approximate surface area is 338 Å². The molecule has 2 heterocycles. The normalized spacial score (nSPS) is 48.3. The van der Waals surface area contributed by atoms with Gasteiger partial charge in [0.2, 0.25) is 0 Å². The fraction of sp³-hybridized carbons (Fsp3) is 0.978. The molecule has 14 atom stereocenters. The van der Waals surface area contributed by atoms with Crippen LogP contribution in [-0.4, -0.2) is 81.3 Å². The van der Waals surface area contributed by atoms with Crippen LogP contribution in [0.3, 0.4) is 0 Å². The number of hydrogen-bond donors (Lipinski definition) is 2. The number of rotatable bonds is 8. The third-order valence-corrected chi connectivity index (χ3v) is 21.7. The summed E-state index contributed by atoms with van der Waals surface area (Å²) < 4.78 is 30.2. The van der Waals surface area contributed by atoms with Crippen molar-refractivity contribution in [3.05, 3.63) is 0 Å². The van der Waals surface area contributed by atoms with Crippen molar-refractivity contribution in [3.63, 3.8) is 0 Å². The van der Waals surface area contributed by atoms with Crippen LogP contribution in [0.1, 0.15) is 152 Å². The van der Waals surface area contributed by atoms with Crippen LogP contribution < -0.4 is 26.8 Å². The van der Waals surface area contributed by atoms with Crippen molar-refractivity contribution in [2.75, 3.05) is 26.2 Å². The minimum Gasteiger partial charge on any atom is -0.0586 e. The second kappa shape index (κ2) is 15.1. The van der Waals surface area contributed by atoms with Crippen LogP contribution in [0.2, 0.25) is 0 Å². The molecule has 1 amide bonds. The number of hydrogen-bond acceptors (Lipinski definition) is 7. The predicted molar refractivity (Wildman–Crippen MR) is 207 cm³/mol. The summed E-state index contributed by atoms with van der Waals surface area (Å²) in [5.74, 6) is 1.97. The van der Waals surface area contributed by atoms with Gasteiger partial charge in [-0.25, -0.2) is 4.79 Å². The molecule has 0 aromatic carbocycles. The van der Waals surface area contributed by atoms with Gasteiger partial charge in [0.25, 0.3) is 0 Å². The van der Waals surface area contributed by atoms with Gasteiger partial charge in [0.05, 0.1) is 12.2 Å². The number of alkyl halides is 1. The van der Waals surface area contributed by atoms with E-state index in [9.17, 15) is 9.90 Å². The number of amides is 1. The summed E-state index contributed by atoms with van der Waals surface area (Å²) >= 11 is 0.0320. The molecule has 6 aliphatic carbocycles. The Morgan fingerprint density at radius 2 is 1.67 bits per heavy atom. The molecule has 2 N–H and O–H groups in total. The second-order valence-corrected chi connectivity index (χ2v) is 24.7. The Balaban J connectivity index is 0.962. The van der Waals surface area contributed by atoms with Crippen molar-refractivity contribution < 1.29 is 50.3 Å². The van der Waals surface area contributed by atoms with Crippen molar-refractivity contribution in [1.29, 1.82) is 0 Å². The third kappa shape index (κ3) is 6.38. The molecular weight excluding hydrogens is 791 g/mol. The zero-order chi connectivity index (χ0) is 38.3. The SMILES string of the molecule is CCNC(=O)OC(C(C)C)C1CC(C)C2C(O1)C(O)C1(C)C3CCC4C(C)(C)C(OC5CN([I-]C6CCCCCCC6)CCO5)CCC45CC35CCC21C. The van der Waals surface area contributed by atoms with Gasteiger partial charge in [-0.1, -0.05) is 27.7 Å². The molecule has 0 aromatic heterocycles. The summed E-state index contributed by atoms with van der Waals surface area (Å²) in [6, 6.07) is 0. The minimum absolute atomic E-state index is 0.0143. The number of fused-ring (bicyclic) bond motifs is 4. The zero-order valence-electron chi connectivity index (χ0n) is 35.2. The fourth-order valence-electron chi connectivity index (χ4n) is 15.4. The van der Waals surface area contributed by atoms with Crippen molar-refractivity contribution in [2.45, 2.75) is 192 Å². The Morgan fingerprint density at radius 3 is 2.39 bits per heavy atom. The van der Waals surface area contributed by atoms with E-state index in [1.54, 1.807) is 0 Å². The smallest absolute Gasteiger partial charge is 0.0586 e. The molecule has 0 bridgehead atoms. The van der Waals surface area contributed by atoms with E-state index in [4.69, 9.17) is 18.9 Å². The Bertz CT molecular complexity index is 1360. The van der Waals surface area contributed by atoms with Gasteiger partial charge in [-0.15, -0.1) is 0 Å². The number of aliphatic hydroxyl groups excluding tert-OH is 1. The fourth-order valence-corrected chi connectivity index (χ4v) is 18.9. The first-order chi connectivity index (χ1) is 25.7. The average molecular weight is 868 g/mol. The van der Waals surface area contributed by atoms with Crippen LogP contribution in [0.5, 0.6) is 0 Å². The summed E-state index contributed by atoms with van der Waals surface area (Å²) in [5.41, 5.74) is 0.574. The molecule has 2 aliphatic heterocycles. The third-order valence-electron chi connectivity index (χ3n) is 18.0. The molecule has 0 aromatic rings. The predicted octanol–water partition coefficient (Wildman–Crippen LogP) is 5.73. The van der Waals surface area contributed by atoms with E-state index in [1.807, 2.05) is 6.92 Å². The van der Waals surface area contributed by atoms with Crippen LogP contribution in [0, 0.1) is 56.7 Å². The number of carbonyl (C=O) groups is 1. The van der Waals surface area contributed by atoms with E-state index in [1.165, 1.54) is 83.5 Å². The number of morpholine rings is 1. The number of alkyl carbamates (subject to hydrolysis) is 1. The first-order valence-electron chi connectivity index (χ1n) is 22.7. The summed E-state index contributed by atoms with van der Waals surface area (Å²) in [6.07, 6.45) is 18.0. The van der Waals surface area contributed by atoms with E-state index in [0.717, 1.165) is 36.5 Å². The molecule has 8 fully saturated rings. The molecule has 6 saturated carbocycles. The monoisotopic (exact) mass is 867 g/mol. The molecular formula is C45H76IN2O6-. The minimum atomic E-state index is -0.518. The van der Waals surface area contributed by atoms with Crippen LogP contribution in [0.25, 0.3) is 0 Å². The molecule has 8 rings (SSSR count). The second-order valence-electron chi connectivity index (χ2n) is 21.0. The van der Waals surface area contributed by atoms with Crippen LogP contribution >= 0.6 is 0 Å². The van der Waals surface area contributed by atoms with Crippen LogP contribution in [0.15, 0.2) is 0 Å². The van der Waals surface area contributed by atoms with Crippen molar-refractivity contribution in [1.82, 2.24) is 8.43 Å². The van der Waals surface area contributed by atoms with Gasteiger partial charge in [-0.05, 0) is 31.1 Å². The van der Waals surface area contributed by atoms with Gasteiger partial charge in [0.15, 0.2) is 0 Å². The number of halogens is 1. The number of nitrogens with one attached hydrogen (secondary N) is 1. The van der Waals surface area contributed by atoms with Crippen LogP contribution in [0.4, 0.5) is 4.79 Å². The van der Waals surface area contributed by atoms with E-state index < -0.39 is 6.10 Å². The number of ether oxygens (including phenoxy) is 4. The molecule has 14 unspecified atom stereocenters. The maximum atomic E-state index is 12.7. The first kappa shape index (κ1) is 40.6. The van der Waals surface area contributed by atoms with E-state index in [-0.39, 0.29) is 80.4 Å². The van der Waals surface area contributed by atoms with E-state index >= 15 is 0 Å². The molecule has 9 heteroatoms. The van der Waals surface area contributed by atoms with Gasteiger partial charge >= 0.3 is 232 Å². The molecule has 310 valence electrons. The van der Waals surface area contributed by atoms with Gasteiger partial charge in [-0.3, -0.25) is 0 Å². The molecule has 54 heavy (non-hydrogen) atoms. The van der Waals surface area contributed by atoms with E-state index in [0.29, 0.717) is 41.0 Å². The quantitative estimate of drug-likeness (QED) is 0.183. The van der Waals surface area contributed by atoms with Gasteiger partial charge < -0.3 is 19.9 Å². The van der Waals surface area contributed by atoms with Gasteiger partial charge in [-0.2, -0.15) is 0 Å². The summed E-state index contributed by atoms with van der Waals surface area (Å²) in [4.78, 5) is 12.6. The van der Waals surface area contributed by atoms with Crippen molar-refractivity contribution in [2.24, 2.45) is 56.7 Å². The summed E-state index contributed by atoms with van der Waals surface area (Å²) in [5, 5.41) is 15.5. The maximum absolute atomic E-state index is 12.7. The number of nitrogens with zero attached hydrogens (tertiary/aromatic N) is 1.